The van der Waals surface area contributed by atoms with Gasteiger partial charge in [0.1, 0.15) is 12.4 Å². The number of hydrogen-bond donors (Lipinski definition) is 1. The van der Waals surface area contributed by atoms with Crippen LogP contribution in [0.15, 0.2) is 60.7 Å². The van der Waals surface area contributed by atoms with Gasteiger partial charge in [0.15, 0.2) is 0 Å². The maximum atomic E-state index is 15.3. The number of piperidine rings is 1. The predicted molar refractivity (Wildman–Crippen MR) is 171 cm³/mol. The number of benzene rings is 3. The number of carbonyl (C=O) groups excluding carboxylic acids is 2. The lowest BCUT2D eigenvalue weighted by Crippen LogP contribution is -2.58. The second-order valence-electron chi connectivity index (χ2n) is 13.4. The summed E-state index contributed by atoms with van der Waals surface area (Å²) < 4.78 is 33.4. The van der Waals surface area contributed by atoms with Gasteiger partial charge in [-0.2, -0.15) is 0 Å². The number of nitrogens with zero attached hydrogens (tertiary/aromatic N) is 1. The molecule has 0 unspecified atom stereocenters. The molecule has 0 bridgehead atoms. The summed E-state index contributed by atoms with van der Waals surface area (Å²) in [6, 6.07) is 18.8. The van der Waals surface area contributed by atoms with Crippen molar-refractivity contribution in [2.75, 3.05) is 13.1 Å². The van der Waals surface area contributed by atoms with Crippen molar-refractivity contribution in [2.24, 2.45) is 0 Å². The van der Waals surface area contributed by atoms with Crippen LogP contribution in [0.4, 0.5) is 9.18 Å². The molecule has 5 rings (SSSR count). The zero-order valence-electron chi connectivity index (χ0n) is 26.6. The summed E-state index contributed by atoms with van der Waals surface area (Å²) in [5.74, 6) is -0.330. The van der Waals surface area contributed by atoms with Gasteiger partial charge in [0, 0.05) is 19.5 Å². The summed E-state index contributed by atoms with van der Waals surface area (Å²) in [5, 5.41) is 4.92. The zero-order chi connectivity index (χ0) is 31.5. The van der Waals surface area contributed by atoms with E-state index >= 15 is 4.39 Å². The summed E-state index contributed by atoms with van der Waals surface area (Å²) in [6.07, 6.45) is 3.27. The van der Waals surface area contributed by atoms with Crippen molar-refractivity contribution in [1.82, 2.24) is 10.2 Å². The first-order valence-corrected chi connectivity index (χ1v) is 15.7. The molecule has 2 saturated heterocycles. The second-order valence-corrected chi connectivity index (χ2v) is 13.4. The fourth-order valence-corrected chi connectivity index (χ4v) is 6.16. The van der Waals surface area contributed by atoms with Gasteiger partial charge in [-0.25, -0.2) is 9.18 Å². The molecule has 2 aliphatic heterocycles. The van der Waals surface area contributed by atoms with Gasteiger partial charge in [-0.15, -0.1) is 0 Å². The number of hydrogen-bond acceptors (Lipinski definition) is 5. The highest BCUT2D eigenvalue weighted by Crippen LogP contribution is 2.37. The van der Waals surface area contributed by atoms with Crippen molar-refractivity contribution >= 4 is 35.4 Å². The molecule has 7 nitrogen and oxygen atoms in total. The van der Waals surface area contributed by atoms with E-state index < -0.39 is 23.9 Å². The first-order valence-electron chi connectivity index (χ1n) is 15.7. The minimum absolute atomic E-state index is 0.0664. The van der Waals surface area contributed by atoms with Crippen molar-refractivity contribution in [1.29, 1.82) is 0 Å². The third-order valence-electron chi connectivity index (χ3n) is 9.32. The lowest BCUT2D eigenvalue weighted by molar-refractivity contribution is -0.123. The molecule has 1 N–H and O–H groups in total. The van der Waals surface area contributed by atoms with Crippen LogP contribution in [-0.4, -0.2) is 53.8 Å². The molecule has 0 radical (unpaired) electrons. The molecule has 1 atom stereocenters. The Labute approximate surface area is 260 Å². The van der Waals surface area contributed by atoms with E-state index in [4.69, 9.17) is 14.0 Å². The van der Waals surface area contributed by atoms with Crippen molar-refractivity contribution in [2.45, 2.75) is 96.5 Å². The number of carbonyl (C=O) groups is 2. The van der Waals surface area contributed by atoms with Crippen LogP contribution in [0.2, 0.25) is 0 Å². The van der Waals surface area contributed by atoms with Gasteiger partial charge in [-0.1, -0.05) is 54.6 Å². The highest BCUT2D eigenvalue weighted by Gasteiger charge is 2.52. The molecule has 44 heavy (non-hydrogen) atoms. The lowest BCUT2D eigenvalue weighted by Gasteiger charge is -2.40. The molecule has 2 fully saturated rings. The van der Waals surface area contributed by atoms with Crippen molar-refractivity contribution < 1.29 is 28.0 Å². The van der Waals surface area contributed by atoms with E-state index in [2.05, 4.69) is 5.32 Å². The van der Waals surface area contributed by atoms with Gasteiger partial charge < -0.3 is 24.3 Å². The smallest absolute Gasteiger partial charge is 0.445 e. The fraction of sp³-hybridized carbons (Fsp3) is 0.486. The monoisotopic (exact) mass is 602 g/mol. The summed E-state index contributed by atoms with van der Waals surface area (Å²) >= 11 is 0. The highest BCUT2D eigenvalue weighted by atomic mass is 19.1. The summed E-state index contributed by atoms with van der Waals surface area (Å²) in [7, 11) is -0.596. The van der Waals surface area contributed by atoms with Gasteiger partial charge in [0.2, 0.25) is 5.91 Å². The molecule has 9 heteroatoms. The van der Waals surface area contributed by atoms with Crippen LogP contribution in [-0.2, 0) is 31.9 Å². The molecule has 234 valence electrons. The van der Waals surface area contributed by atoms with Crippen LogP contribution in [0.1, 0.15) is 77.8 Å². The van der Waals surface area contributed by atoms with Gasteiger partial charge in [0.05, 0.1) is 16.7 Å². The van der Waals surface area contributed by atoms with Crippen LogP contribution in [0, 0.1) is 5.82 Å². The average molecular weight is 603 g/mol. The van der Waals surface area contributed by atoms with Gasteiger partial charge in [-0.3, -0.25) is 4.79 Å². The zero-order valence-corrected chi connectivity index (χ0v) is 26.6. The molecule has 0 aliphatic carbocycles. The summed E-state index contributed by atoms with van der Waals surface area (Å²) in [5.41, 5.74) is 0.842. The first-order chi connectivity index (χ1) is 20.9. The molecule has 0 spiro atoms. The standard InChI is InChI=1S/C35H44BFN2O5/c1-33(2)34(3,4)44-36(43-33)28-17-11-15-26-19-20-29(37)27(31(26)28)16-9-10-18-30(40)38-35(5)21-12-22-39(24-35)32(41)42-23-25-13-7-6-8-14-25/h6-8,11,13-15,17,19-20H,9-10,12,16,18,21-24H2,1-5H3,(H,38,40)/t35-/m1/s1. The third-order valence-corrected chi connectivity index (χ3v) is 9.32. The van der Waals surface area contributed by atoms with Crippen molar-refractivity contribution in [3.05, 3.63) is 77.6 Å². The predicted octanol–water partition coefficient (Wildman–Crippen LogP) is 6.30. The molecule has 2 amide bonds. The number of ether oxygens (including phenoxy) is 1. The van der Waals surface area contributed by atoms with E-state index in [1.807, 2.05) is 83.1 Å². The topological polar surface area (TPSA) is 77.1 Å². The summed E-state index contributed by atoms with van der Waals surface area (Å²) in [6.45, 7) is 11.2. The number of fused-ring (bicyclic) bond motifs is 1. The number of aryl methyl sites for hydroxylation is 1. The van der Waals surface area contributed by atoms with E-state index in [0.29, 0.717) is 44.3 Å². The Hall–Kier alpha value is -3.43. The van der Waals surface area contributed by atoms with E-state index in [9.17, 15) is 9.59 Å². The lowest BCUT2D eigenvalue weighted by atomic mass is 9.74. The number of amides is 2. The second kappa shape index (κ2) is 12.9. The normalized spacial score (nSPS) is 21.0. The number of halogens is 1. The number of likely N-dealkylation sites (tertiary alicyclic amines) is 1. The Kier molecular flexibility index (Phi) is 9.37. The van der Waals surface area contributed by atoms with Gasteiger partial charge in [0.25, 0.3) is 0 Å². The fourth-order valence-electron chi connectivity index (χ4n) is 6.16. The maximum Gasteiger partial charge on any atom is 0.495 e. The van der Waals surface area contributed by atoms with Crippen LogP contribution in [0.5, 0.6) is 0 Å². The van der Waals surface area contributed by atoms with Crippen LogP contribution in [0.25, 0.3) is 10.8 Å². The highest BCUT2D eigenvalue weighted by molar-refractivity contribution is 6.65. The Morgan fingerprint density at radius 2 is 1.68 bits per heavy atom. The number of unbranched alkanes of at least 4 members (excludes halogenated alkanes) is 1. The van der Waals surface area contributed by atoms with E-state index in [1.54, 1.807) is 11.0 Å². The van der Waals surface area contributed by atoms with E-state index in [-0.39, 0.29) is 24.4 Å². The van der Waals surface area contributed by atoms with E-state index in [0.717, 1.165) is 34.6 Å². The Bertz CT molecular complexity index is 1480. The number of rotatable bonds is 9. The summed E-state index contributed by atoms with van der Waals surface area (Å²) in [4.78, 5) is 27.4. The minimum Gasteiger partial charge on any atom is -0.445 e. The molecule has 0 aromatic heterocycles. The Morgan fingerprint density at radius 3 is 2.41 bits per heavy atom. The van der Waals surface area contributed by atoms with Crippen molar-refractivity contribution in [3.8, 4) is 0 Å². The first kappa shape index (κ1) is 32.0. The largest absolute Gasteiger partial charge is 0.495 e. The quantitative estimate of drug-likeness (QED) is 0.230. The molecule has 2 aliphatic rings. The van der Waals surface area contributed by atoms with Crippen LogP contribution < -0.4 is 10.8 Å². The van der Waals surface area contributed by atoms with Crippen LogP contribution in [0.3, 0.4) is 0 Å². The maximum absolute atomic E-state index is 15.3. The molecular formula is C35H44BFN2O5. The Balaban J connectivity index is 1.16. The number of nitrogens with one attached hydrogen (secondary N) is 1. The Morgan fingerprint density at radius 1 is 0.955 bits per heavy atom. The van der Waals surface area contributed by atoms with Crippen molar-refractivity contribution in [3.63, 3.8) is 0 Å². The molecule has 3 aromatic carbocycles. The average Bonchev–Trinajstić information content (AvgIpc) is 3.20. The SMILES string of the molecule is CC1(C)OB(c2cccc3ccc(F)c(CCCCC(=O)N[C@]4(C)CCCN(C(=O)OCc5ccccc5)C4)c23)OC1(C)C. The minimum atomic E-state index is -0.596. The van der Waals surface area contributed by atoms with Gasteiger partial charge in [-0.05, 0) is 100 Å². The third kappa shape index (κ3) is 7.10. The van der Waals surface area contributed by atoms with E-state index in [1.165, 1.54) is 6.07 Å². The molecule has 0 saturated carbocycles. The molecule has 2 heterocycles. The van der Waals surface area contributed by atoms with Crippen LogP contribution >= 0.6 is 0 Å². The van der Waals surface area contributed by atoms with Gasteiger partial charge >= 0.3 is 13.2 Å². The molecule has 3 aromatic rings. The molecular weight excluding hydrogens is 558 g/mol.